The van der Waals surface area contributed by atoms with Crippen LogP contribution in [0.25, 0.3) is 112 Å². The summed E-state index contributed by atoms with van der Waals surface area (Å²) in [5.41, 5.74) is 17.2. The monoisotopic (exact) mass is 970 g/mol. The van der Waals surface area contributed by atoms with Crippen LogP contribution in [0, 0.1) is 11.8 Å². The molecule has 0 fully saturated rings. The summed E-state index contributed by atoms with van der Waals surface area (Å²) in [4.78, 5) is 17.9. The number of allylic oxidation sites excluding steroid dienone is 5. The van der Waals surface area contributed by atoms with Gasteiger partial charge in [0.15, 0.2) is 17.5 Å². The van der Waals surface area contributed by atoms with Gasteiger partial charge >= 0.3 is 0 Å². The number of aromatic nitrogens is 3. The normalized spacial score (nSPS) is 17.9. The maximum atomic E-state index is 6.86. The van der Waals surface area contributed by atoms with Crippen molar-refractivity contribution < 1.29 is 13.3 Å². The number of para-hydroxylation sites is 3. The molecule has 0 saturated carbocycles. The Labute approximate surface area is 433 Å². The predicted molar refractivity (Wildman–Crippen MR) is 305 cm³/mol. The van der Waals surface area contributed by atoms with E-state index in [4.69, 9.17) is 28.2 Å². The molecule has 0 spiro atoms. The average molecular weight is 971 g/mol. The zero-order valence-corrected chi connectivity index (χ0v) is 42.0. The molecule has 12 aromatic rings. The van der Waals surface area contributed by atoms with Crippen molar-refractivity contribution in [3.05, 3.63) is 222 Å². The van der Waals surface area contributed by atoms with Crippen molar-refractivity contribution in [2.75, 3.05) is 4.90 Å². The third-order valence-electron chi connectivity index (χ3n) is 16.4. The Morgan fingerprint density at radius 3 is 1.97 bits per heavy atom. The lowest BCUT2D eigenvalue weighted by Gasteiger charge is -2.52. The molecule has 7 heteroatoms. The van der Waals surface area contributed by atoms with E-state index in [2.05, 4.69) is 154 Å². The van der Waals surface area contributed by atoms with Gasteiger partial charge in [-0.1, -0.05) is 179 Å². The van der Waals surface area contributed by atoms with Crippen molar-refractivity contribution in [1.29, 1.82) is 0 Å². The highest BCUT2D eigenvalue weighted by Gasteiger charge is 2.48. The summed E-state index contributed by atoms with van der Waals surface area (Å²) in [6.07, 6.45) is 10.2. The smallest absolute Gasteiger partial charge is 0.164 e. The second-order valence-electron chi connectivity index (χ2n) is 21.2. The van der Waals surface area contributed by atoms with Crippen LogP contribution in [-0.4, -0.2) is 15.0 Å². The highest BCUT2D eigenvalue weighted by atomic mass is 16.3. The van der Waals surface area contributed by atoms with Crippen molar-refractivity contribution in [3.8, 4) is 45.3 Å². The first-order valence-corrected chi connectivity index (χ1v) is 26.1. The largest absolute Gasteiger partial charge is 0.459 e. The third-order valence-corrected chi connectivity index (χ3v) is 16.4. The lowest BCUT2D eigenvalue weighted by atomic mass is 9.60. The quantitative estimate of drug-likeness (QED) is 0.164. The SMILES string of the molecule is CC1CC=Cc2c1oc1c(-c3ccc4c(c3)C(C)(C)C3C(=CC=C(c5cccc6c5oc5ccccc56)C3C)N4c3ccc4oc5cccc(-c6nc(-c7ccccc7)nc(-c7ccccc7)n6)c5c4c3)cccc21. The Morgan fingerprint density at radius 2 is 1.17 bits per heavy atom. The van der Waals surface area contributed by atoms with Gasteiger partial charge in [0.2, 0.25) is 0 Å². The summed E-state index contributed by atoms with van der Waals surface area (Å²) in [6, 6.07) is 61.7. The van der Waals surface area contributed by atoms with E-state index in [0.717, 1.165) is 112 Å². The van der Waals surface area contributed by atoms with E-state index in [0.29, 0.717) is 23.4 Å². The summed E-state index contributed by atoms with van der Waals surface area (Å²) in [7, 11) is 0. The van der Waals surface area contributed by atoms with E-state index in [1.54, 1.807) is 0 Å². The number of anilines is 2. The molecular weight excluding hydrogens is 921 g/mol. The molecule has 0 radical (unpaired) electrons. The maximum Gasteiger partial charge on any atom is 0.164 e. The number of rotatable bonds is 6. The molecule has 8 aromatic carbocycles. The van der Waals surface area contributed by atoms with Gasteiger partial charge in [0.05, 0.1) is 0 Å². The van der Waals surface area contributed by atoms with Gasteiger partial charge in [0.25, 0.3) is 0 Å². The molecule has 7 nitrogen and oxygen atoms in total. The van der Waals surface area contributed by atoms with Crippen LogP contribution < -0.4 is 4.90 Å². The second-order valence-corrected chi connectivity index (χ2v) is 21.2. The van der Waals surface area contributed by atoms with Crippen molar-refractivity contribution in [2.24, 2.45) is 11.8 Å². The minimum atomic E-state index is -0.326. The molecule has 75 heavy (non-hydrogen) atoms. The number of benzene rings is 8. The van der Waals surface area contributed by atoms with Gasteiger partial charge in [0.1, 0.15) is 33.7 Å². The van der Waals surface area contributed by atoms with E-state index < -0.39 is 0 Å². The van der Waals surface area contributed by atoms with Crippen molar-refractivity contribution in [2.45, 2.75) is 45.4 Å². The zero-order valence-electron chi connectivity index (χ0n) is 42.0. The molecule has 0 saturated heterocycles. The fraction of sp³-hybridized carbons (Fsp3) is 0.132. The highest BCUT2D eigenvalue weighted by Crippen LogP contribution is 2.58. The molecular formula is C68H50N4O3. The van der Waals surface area contributed by atoms with Gasteiger partial charge in [-0.2, -0.15) is 0 Å². The number of hydrogen-bond donors (Lipinski definition) is 0. The van der Waals surface area contributed by atoms with E-state index in [-0.39, 0.29) is 17.3 Å². The number of fused-ring (bicyclic) bond motifs is 11. The Bertz CT molecular complexity index is 4360. The van der Waals surface area contributed by atoms with Gasteiger partial charge in [-0.3, -0.25) is 0 Å². The zero-order chi connectivity index (χ0) is 50.1. The summed E-state index contributed by atoms with van der Waals surface area (Å²) >= 11 is 0. The van der Waals surface area contributed by atoms with Gasteiger partial charge in [-0.15, -0.1) is 0 Å². The lowest BCUT2D eigenvalue weighted by molar-refractivity contribution is 0.295. The molecule has 1 aliphatic heterocycles. The van der Waals surface area contributed by atoms with Gasteiger partial charge < -0.3 is 18.2 Å². The molecule has 0 bridgehead atoms. The summed E-state index contributed by atoms with van der Waals surface area (Å²) in [5.74, 6) is 3.35. The van der Waals surface area contributed by atoms with Crippen LogP contribution in [0.5, 0.6) is 0 Å². The fourth-order valence-corrected chi connectivity index (χ4v) is 12.9. The molecule has 5 heterocycles. The summed E-state index contributed by atoms with van der Waals surface area (Å²) in [6.45, 7) is 9.54. The van der Waals surface area contributed by atoms with Crippen LogP contribution in [0.2, 0.25) is 0 Å². The number of hydrogen-bond acceptors (Lipinski definition) is 7. The summed E-state index contributed by atoms with van der Waals surface area (Å²) < 4.78 is 20.3. The van der Waals surface area contributed by atoms with Crippen LogP contribution in [0.1, 0.15) is 62.5 Å². The first-order valence-electron chi connectivity index (χ1n) is 26.1. The number of nitrogens with zero attached hydrogens (tertiary/aromatic N) is 4. The van der Waals surface area contributed by atoms with E-state index in [1.807, 2.05) is 78.9 Å². The van der Waals surface area contributed by atoms with Crippen LogP contribution in [0.4, 0.5) is 11.4 Å². The molecule has 4 aromatic heterocycles. The van der Waals surface area contributed by atoms with Gasteiger partial charge in [-0.05, 0) is 77.6 Å². The van der Waals surface area contributed by atoms with Crippen molar-refractivity contribution in [3.63, 3.8) is 0 Å². The highest BCUT2D eigenvalue weighted by molar-refractivity contribution is 6.13. The molecule has 3 aliphatic rings. The minimum absolute atomic E-state index is 0.0583. The molecule has 15 rings (SSSR count). The fourth-order valence-electron chi connectivity index (χ4n) is 12.9. The van der Waals surface area contributed by atoms with E-state index in [1.165, 1.54) is 22.4 Å². The molecule has 0 N–H and O–H groups in total. The van der Waals surface area contributed by atoms with E-state index in [9.17, 15) is 0 Å². The second kappa shape index (κ2) is 16.5. The summed E-state index contributed by atoms with van der Waals surface area (Å²) in [5, 5.41) is 5.36. The first-order chi connectivity index (χ1) is 36.8. The van der Waals surface area contributed by atoms with Crippen LogP contribution in [0.3, 0.4) is 0 Å². The lowest BCUT2D eigenvalue weighted by Crippen LogP contribution is -2.45. The van der Waals surface area contributed by atoms with Gasteiger partial charge in [0, 0.05) is 94.6 Å². The topological polar surface area (TPSA) is 81.3 Å². The Kier molecular flexibility index (Phi) is 9.55. The van der Waals surface area contributed by atoms with Gasteiger partial charge in [-0.25, -0.2) is 15.0 Å². The molecule has 3 unspecified atom stereocenters. The van der Waals surface area contributed by atoms with Crippen LogP contribution in [-0.2, 0) is 5.41 Å². The molecule has 2 aliphatic carbocycles. The first kappa shape index (κ1) is 43.5. The molecule has 3 atom stereocenters. The Balaban J connectivity index is 0.939. The standard InChI is InChI=1S/C68H50N4O3/c1-39-17-13-24-50-51-27-14-23-46(63(51)75-62(39)50)43-31-34-55-54(37-43)68(3,4)61-40(2)45(48-25-15-26-49-47-22-11-12-29-57(47)74-64(48)49)33-35-56(61)72(55)44-32-36-58-53(38-44)60-52(28-16-30-59(60)73-58)67-70-65(41-18-7-5-8-19-41)69-66(71-67)42-20-9-6-10-21-42/h5-16,18-40,61H,17H2,1-4H3. The van der Waals surface area contributed by atoms with Crippen LogP contribution >= 0.6 is 0 Å². The van der Waals surface area contributed by atoms with Crippen molar-refractivity contribution >= 4 is 77.9 Å². The predicted octanol–water partition coefficient (Wildman–Crippen LogP) is 18.3. The Morgan fingerprint density at radius 1 is 0.520 bits per heavy atom. The minimum Gasteiger partial charge on any atom is -0.459 e. The maximum absolute atomic E-state index is 6.86. The average Bonchev–Trinajstić information content (AvgIpc) is 4.20. The van der Waals surface area contributed by atoms with Crippen molar-refractivity contribution in [1.82, 2.24) is 15.0 Å². The van der Waals surface area contributed by atoms with Crippen LogP contribution in [0.15, 0.2) is 213 Å². The van der Waals surface area contributed by atoms with E-state index >= 15 is 0 Å². The molecule has 0 amide bonds. The third kappa shape index (κ3) is 6.63. The Hall–Kier alpha value is -9.07. The molecule has 360 valence electrons. The number of furan rings is 3.